The van der Waals surface area contributed by atoms with Crippen LogP contribution in [0.2, 0.25) is 0 Å². The number of nitrogens with zero attached hydrogens (tertiary/aromatic N) is 1. The number of benzene rings is 2. The van der Waals surface area contributed by atoms with Crippen molar-refractivity contribution in [2.45, 2.75) is 6.54 Å². The summed E-state index contributed by atoms with van der Waals surface area (Å²) in [5, 5.41) is 9.39. The number of anilines is 1. The number of phenolic OH excluding ortho intramolecular Hbond substituents is 1. The maximum atomic E-state index is 13.4. The zero-order chi connectivity index (χ0) is 14.7. The van der Waals surface area contributed by atoms with E-state index in [1.165, 1.54) is 23.1 Å². The molecule has 2 aromatic rings. The number of carbonyl (C=O) groups excluding carboxylic acids is 1. The molecule has 0 saturated heterocycles. The Morgan fingerprint density at radius 2 is 2.00 bits per heavy atom. The number of hydrogen-bond acceptors (Lipinski definition) is 3. The lowest BCUT2D eigenvalue weighted by Gasteiger charge is -2.18. The van der Waals surface area contributed by atoms with Crippen LogP contribution in [-0.4, -0.2) is 23.0 Å². The molecule has 0 aromatic heterocycles. The highest BCUT2D eigenvalue weighted by Crippen LogP contribution is 2.19. The average molecular weight is 274 g/mol. The standard InChI is InChI=1S/C15H15FN2O2/c1-18(9-10-4-2-5-11(19)8-10)15(20)12-6-3-7-13(16)14(12)17/h2-8,19H,9,17H2,1H3. The summed E-state index contributed by atoms with van der Waals surface area (Å²) in [6.45, 7) is 0.295. The van der Waals surface area contributed by atoms with Crippen molar-refractivity contribution in [3.8, 4) is 5.75 Å². The molecule has 5 heteroatoms. The molecule has 0 atom stereocenters. The molecule has 0 heterocycles. The van der Waals surface area contributed by atoms with E-state index in [9.17, 15) is 14.3 Å². The molecular formula is C15H15FN2O2. The van der Waals surface area contributed by atoms with E-state index in [0.29, 0.717) is 6.54 Å². The number of hydrogen-bond donors (Lipinski definition) is 2. The number of rotatable bonds is 3. The Morgan fingerprint density at radius 3 is 2.70 bits per heavy atom. The van der Waals surface area contributed by atoms with Crippen molar-refractivity contribution in [2.24, 2.45) is 0 Å². The maximum absolute atomic E-state index is 13.4. The third kappa shape index (κ3) is 2.88. The fraction of sp³-hybridized carbons (Fsp3) is 0.133. The summed E-state index contributed by atoms with van der Waals surface area (Å²) in [7, 11) is 1.59. The van der Waals surface area contributed by atoms with Crippen molar-refractivity contribution in [2.75, 3.05) is 12.8 Å². The third-order valence-corrected chi connectivity index (χ3v) is 2.96. The smallest absolute Gasteiger partial charge is 0.256 e. The molecule has 0 bridgehead atoms. The molecule has 3 N–H and O–H groups in total. The Morgan fingerprint density at radius 1 is 1.30 bits per heavy atom. The van der Waals surface area contributed by atoms with Gasteiger partial charge in [-0.2, -0.15) is 0 Å². The van der Waals surface area contributed by atoms with E-state index in [4.69, 9.17) is 5.73 Å². The fourth-order valence-electron chi connectivity index (χ4n) is 1.93. The molecule has 0 aliphatic carbocycles. The number of phenols is 1. The maximum Gasteiger partial charge on any atom is 0.256 e. The molecule has 0 spiro atoms. The quantitative estimate of drug-likeness (QED) is 0.844. The van der Waals surface area contributed by atoms with Crippen LogP contribution in [0.5, 0.6) is 5.75 Å². The molecule has 4 nitrogen and oxygen atoms in total. The summed E-state index contributed by atoms with van der Waals surface area (Å²) in [6.07, 6.45) is 0. The van der Waals surface area contributed by atoms with Crippen LogP contribution in [0.25, 0.3) is 0 Å². The monoisotopic (exact) mass is 274 g/mol. The van der Waals surface area contributed by atoms with E-state index in [1.54, 1.807) is 31.3 Å². The van der Waals surface area contributed by atoms with Gasteiger partial charge in [0.2, 0.25) is 0 Å². The van der Waals surface area contributed by atoms with E-state index in [-0.39, 0.29) is 22.9 Å². The van der Waals surface area contributed by atoms with Gasteiger partial charge in [0, 0.05) is 13.6 Å². The third-order valence-electron chi connectivity index (χ3n) is 2.96. The van der Waals surface area contributed by atoms with Gasteiger partial charge in [0.25, 0.3) is 5.91 Å². The molecule has 20 heavy (non-hydrogen) atoms. The number of amides is 1. The minimum absolute atomic E-state index is 0.132. The van der Waals surface area contributed by atoms with Gasteiger partial charge in [0.1, 0.15) is 11.6 Å². The zero-order valence-corrected chi connectivity index (χ0v) is 11.0. The first-order valence-corrected chi connectivity index (χ1v) is 6.06. The summed E-state index contributed by atoms with van der Waals surface area (Å²) in [5.41, 5.74) is 6.33. The minimum atomic E-state index is -0.610. The van der Waals surface area contributed by atoms with E-state index in [2.05, 4.69) is 0 Å². The highest BCUT2D eigenvalue weighted by atomic mass is 19.1. The van der Waals surface area contributed by atoms with Gasteiger partial charge in [-0.05, 0) is 29.8 Å². The van der Waals surface area contributed by atoms with Crippen LogP contribution < -0.4 is 5.73 Å². The molecule has 0 radical (unpaired) electrons. The zero-order valence-electron chi connectivity index (χ0n) is 11.0. The van der Waals surface area contributed by atoms with Gasteiger partial charge in [-0.15, -0.1) is 0 Å². The van der Waals surface area contributed by atoms with E-state index in [0.717, 1.165) is 5.56 Å². The Bertz CT molecular complexity index is 644. The second kappa shape index (κ2) is 5.61. The molecule has 0 fully saturated rings. The van der Waals surface area contributed by atoms with Crippen LogP contribution in [0.3, 0.4) is 0 Å². The summed E-state index contributed by atoms with van der Waals surface area (Å²) < 4.78 is 13.4. The predicted octanol–water partition coefficient (Wildman–Crippen LogP) is 2.39. The van der Waals surface area contributed by atoms with E-state index >= 15 is 0 Å². The van der Waals surface area contributed by atoms with Gasteiger partial charge < -0.3 is 15.7 Å². The first kappa shape index (κ1) is 13.9. The SMILES string of the molecule is CN(Cc1cccc(O)c1)C(=O)c1cccc(F)c1N. The molecule has 104 valence electrons. The fourth-order valence-corrected chi connectivity index (χ4v) is 1.93. The molecular weight excluding hydrogens is 259 g/mol. The Balaban J connectivity index is 2.19. The van der Waals surface area contributed by atoms with E-state index < -0.39 is 5.82 Å². The van der Waals surface area contributed by atoms with Gasteiger partial charge in [0.15, 0.2) is 0 Å². The van der Waals surface area contributed by atoms with E-state index in [1.807, 2.05) is 0 Å². The first-order chi connectivity index (χ1) is 9.49. The van der Waals surface area contributed by atoms with Crippen LogP contribution in [0.15, 0.2) is 42.5 Å². The van der Waals surface area contributed by atoms with Crippen LogP contribution in [-0.2, 0) is 6.54 Å². The van der Waals surface area contributed by atoms with Gasteiger partial charge in [0.05, 0.1) is 11.3 Å². The molecule has 2 aromatic carbocycles. The average Bonchev–Trinajstić information content (AvgIpc) is 2.41. The summed E-state index contributed by atoms with van der Waals surface area (Å²) in [6, 6.07) is 10.7. The normalized spacial score (nSPS) is 10.3. The topological polar surface area (TPSA) is 66.6 Å². The predicted molar refractivity (Wildman–Crippen MR) is 74.7 cm³/mol. The number of aromatic hydroxyl groups is 1. The van der Waals surface area contributed by atoms with Gasteiger partial charge in [-0.25, -0.2) is 4.39 Å². The van der Waals surface area contributed by atoms with Crippen molar-refractivity contribution in [3.63, 3.8) is 0 Å². The van der Waals surface area contributed by atoms with Crippen LogP contribution in [0, 0.1) is 5.82 Å². The van der Waals surface area contributed by atoms with Crippen molar-refractivity contribution in [3.05, 3.63) is 59.4 Å². The van der Waals surface area contributed by atoms with Gasteiger partial charge >= 0.3 is 0 Å². The lowest BCUT2D eigenvalue weighted by Crippen LogP contribution is -2.27. The molecule has 2 rings (SSSR count). The van der Waals surface area contributed by atoms with Crippen molar-refractivity contribution < 1.29 is 14.3 Å². The number of nitrogens with two attached hydrogens (primary N) is 1. The Hall–Kier alpha value is -2.56. The lowest BCUT2D eigenvalue weighted by atomic mass is 10.1. The number of nitrogen functional groups attached to an aromatic ring is 1. The Labute approximate surface area is 116 Å². The number of carbonyl (C=O) groups is 1. The second-order valence-corrected chi connectivity index (χ2v) is 4.53. The van der Waals surface area contributed by atoms with Gasteiger partial charge in [-0.3, -0.25) is 4.79 Å². The molecule has 1 amide bonds. The first-order valence-electron chi connectivity index (χ1n) is 6.06. The van der Waals surface area contributed by atoms with Crippen LogP contribution >= 0.6 is 0 Å². The minimum Gasteiger partial charge on any atom is -0.508 e. The number of para-hydroxylation sites is 1. The van der Waals surface area contributed by atoms with Crippen LogP contribution in [0.4, 0.5) is 10.1 Å². The molecule has 0 aliphatic rings. The largest absolute Gasteiger partial charge is 0.508 e. The lowest BCUT2D eigenvalue weighted by molar-refractivity contribution is 0.0785. The Kier molecular flexibility index (Phi) is 3.89. The molecule has 0 unspecified atom stereocenters. The van der Waals surface area contributed by atoms with Crippen molar-refractivity contribution in [1.29, 1.82) is 0 Å². The highest BCUT2D eigenvalue weighted by molar-refractivity contribution is 5.99. The molecule has 0 saturated carbocycles. The summed E-state index contributed by atoms with van der Waals surface area (Å²) in [5.74, 6) is -0.847. The second-order valence-electron chi connectivity index (χ2n) is 4.53. The highest BCUT2D eigenvalue weighted by Gasteiger charge is 2.16. The van der Waals surface area contributed by atoms with Crippen molar-refractivity contribution >= 4 is 11.6 Å². The number of halogens is 1. The molecule has 0 aliphatic heterocycles. The van der Waals surface area contributed by atoms with Crippen molar-refractivity contribution in [1.82, 2.24) is 4.90 Å². The van der Waals surface area contributed by atoms with Crippen LogP contribution in [0.1, 0.15) is 15.9 Å². The summed E-state index contributed by atoms with van der Waals surface area (Å²) in [4.78, 5) is 13.6. The van der Waals surface area contributed by atoms with Gasteiger partial charge in [-0.1, -0.05) is 18.2 Å². The summed E-state index contributed by atoms with van der Waals surface area (Å²) >= 11 is 0.